The second kappa shape index (κ2) is 5.48. The number of fused-ring (bicyclic) bond motifs is 8. The SMILES string of the molecule is C[C@H]1CCC2C3C(CC[C@@]21C)[C@@]1(C)CC[C@H](N)CC1[C@H]1OC(C)(C)O[C@H]31. The molecule has 5 rings (SSSR count). The van der Waals surface area contributed by atoms with Gasteiger partial charge in [0.05, 0.1) is 12.2 Å². The Hall–Kier alpha value is -0.120. The van der Waals surface area contributed by atoms with Gasteiger partial charge < -0.3 is 15.2 Å². The van der Waals surface area contributed by atoms with Crippen molar-refractivity contribution in [2.24, 2.45) is 46.2 Å². The van der Waals surface area contributed by atoms with Gasteiger partial charge in [0.1, 0.15) is 0 Å². The van der Waals surface area contributed by atoms with E-state index in [1.165, 1.54) is 38.5 Å². The Balaban J connectivity index is 1.58. The summed E-state index contributed by atoms with van der Waals surface area (Å²) >= 11 is 0. The van der Waals surface area contributed by atoms with Crippen LogP contribution in [0.5, 0.6) is 0 Å². The van der Waals surface area contributed by atoms with Gasteiger partial charge in [-0.2, -0.15) is 0 Å². The average Bonchev–Trinajstić information content (AvgIpc) is 3.05. The molecule has 0 bridgehead atoms. The Bertz CT molecular complexity index is 591. The molecule has 0 aromatic carbocycles. The van der Waals surface area contributed by atoms with E-state index >= 15 is 0 Å². The van der Waals surface area contributed by atoms with Gasteiger partial charge in [-0.25, -0.2) is 0 Å². The van der Waals surface area contributed by atoms with Crippen LogP contribution >= 0.6 is 0 Å². The third kappa shape index (κ3) is 2.23. The smallest absolute Gasteiger partial charge is 0.163 e. The minimum absolute atomic E-state index is 0.251. The molecule has 2 N–H and O–H groups in total. The zero-order chi connectivity index (χ0) is 18.5. The summed E-state index contributed by atoms with van der Waals surface area (Å²) < 4.78 is 13.3. The maximum absolute atomic E-state index is 6.68. The molecule has 0 amide bonds. The van der Waals surface area contributed by atoms with Crippen molar-refractivity contribution < 1.29 is 9.47 Å². The van der Waals surface area contributed by atoms with Crippen molar-refractivity contribution in [2.75, 3.05) is 0 Å². The summed E-state index contributed by atoms with van der Waals surface area (Å²) in [5.74, 6) is 3.28. The fraction of sp³-hybridized carbons (Fsp3) is 1.00. The lowest BCUT2D eigenvalue weighted by Crippen LogP contribution is -2.63. The quantitative estimate of drug-likeness (QED) is 0.678. The topological polar surface area (TPSA) is 44.5 Å². The van der Waals surface area contributed by atoms with E-state index in [4.69, 9.17) is 15.2 Å². The fourth-order valence-corrected chi connectivity index (χ4v) is 8.48. The lowest BCUT2D eigenvalue weighted by atomic mass is 9.43. The van der Waals surface area contributed by atoms with Crippen molar-refractivity contribution in [1.29, 1.82) is 0 Å². The zero-order valence-corrected chi connectivity index (χ0v) is 17.5. The standard InChI is InChI=1S/C23H39NO2/c1-13-6-7-15-18-16(9-11-22(13,15)4)23(5)10-8-14(24)12-17(23)19-20(18)26-21(2,3)25-19/h13-20H,6-12,24H2,1-5H3/t13-,14-,15?,16?,17?,18?,19+,20+,22+,23+/m0/s1. The Labute approximate surface area is 159 Å². The predicted molar refractivity (Wildman–Crippen MR) is 103 cm³/mol. The molecule has 4 saturated carbocycles. The maximum atomic E-state index is 6.68. The van der Waals surface area contributed by atoms with Gasteiger partial charge in [-0.15, -0.1) is 0 Å². The van der Waals surface area contributed by atoms with E-state index in [1.807, 2.05) is 0 Å². The molecule has 4 aliphatic carbocycles. The monoisotopic (exact) mass is 361 g/mol. The normalized spacial score (nSPS) is 60.7. The summed E-state index contributed by atoms with van der Waals surface area (Å²) in [5.41, 5.74) is 7.34. The first-order valence-corrected chi connectivity index (χ1v) is 11.3. The van der Waals surface area contributed by atoms with E-state index in [0.717, 1.165) is 24.2 Å². The highest BCUT2D eigenvalue weighted by atomic mass is 16.8. The van der Waals surface area contributed by atoms with Gasteiger partial charge in [0.25, 0.3) is 0 Å². The van der Waals surface area contributed by atoms with Crippen LogP contribution in [-0.2, 0) is 9.47 Å². The number of hydrogen-bond acceptors (Lipinski definition) is 3. The summed E-state index contributed by atoms with van der Waals surface area (Å²) in [4.78, 5) is 0. The number of hydrogen-bond donors (Lipinski definition) is 1. The highest BCUT2D eigenvalue weighted by Gasteiger charge is 2.67. The Morgan fingerprint density at radius 1 is 0.769 bits per heavy atom. The minimum Gasteiger partial charge on any atom is -0.344 e. The van der Waals surface area contributed by atoms with Crippen molar-refractivity contribution in [2.45, 2.75) is 104 Å². The van der Waals surface area contributed by atoms with E-state index < -0.39 is 5.79 Å². The molecule has 26 heavy (non-hydrogen) atoms. The van der Waals surface area contributed by atoms with Gasteiger partial charge in [0, 0.05) is 6.04 Å². The molecule has 0 spiro atoms. The van der Waals surface area contributed by atoms with Crippen molar-refractivity contribution in [3.63, 3.8) is 0 Å². The predicted octanol–water partition coefficient (Wildman–Crippen LogP) is 4.73. The molecule has 5 aliphatic rings. The van der Waals surface area contributed by atoms with Crippen molar-refractivity contribution in [3.8, 4) is 0 Å². The van der Waals surface area contributed by atoms with Crippen LogP contribution in [0.25, 0.3) is 0 Å². The molecular formula is C23H39NO2. The van der Waals surface area contributed by atoms with Gasteiger partial charge in [-0.1, -0.05) is 20.8 Å². The molecule has 0 aromatic rings. The summed E-state index contributed by atoms with van der Waals surface area (Å²) in [7, 11) is 0. The van der Waals surface area contributed by atoms with Gasteiger partial charge in [-0.05, 0) is 99.2 Å². The van der Waals surface area contributed by atoms with E-state index in [-0.39, 0.29) is 12.2 Å². The molecule has 0 radical (unpaired) electrons. The number of nitrogens with two attached hydrogens (primary N) is 1. The molecule has 10 atom stereocenters. The van der Waals surface area contributed by atoms with E-state index in [9.17, 15) is 0 Å². The summed E-state index contributed by atoms with van der Waals surface area (Å²) in [6, 6.07) is 0.345. The summed E-state index contributed by atoms with van der Waals surface area (Å²) in [6.45, 7) is 11.9. The van der Waals surface area contributed by atoms with Crippen LogP contribution in [0.1, 0.15) is 79.6 Å². The molecule has 3 heteroatoms. The molecule has 148 valence electrons. The van der Waals surface area contributed by atoms with Gasteiger partial charge >= 0.3 is 0 Å². The molecule has 1 saturated heterocycles. The Morgan fingerprint density at radius 3 is 2.19 bits per heavy atom. The van der Waals surface area contributed by atoms with Crippen LogP contribution in [0.2, 0.25) is 0 Å². The Kier molecular flexibility index (Phi) is 3.78. The summed E-state index contributed by atoms with van der Waals surface area (Å²) in [5, 5.41) is 0. The summed E-state index contributed by atoms with van der Waals surface area (Å²) in [6.07, 6.45) is 9.73. The third-order valence-corrected chi connectivity index (χ3v) is 10.1. The lowest BCUT2D eigenvalue weighted by molar-refractivity contribution is -0.180. The van der Waals surface area contributed by atoms with Crippen molar-refractivity contribution in [1.82, 2.24) is 0 Å². The second-order valence-corrected chi connectivity index (χ2v) is 11.5. The fourth-order valence-electron chi connectivity index (χ4n) is 8.48. The van der Waals surface area contributed by atoms with Crippen LogP contribution < -0.4 is 5.73 Å². The first-order chi connectivity index (χ1) is 12.2. The highest BCUT2D eigenvalue weighted by molar-refractivity contribution is 5.15. The Morgan fingerprint density at radius 2 is 1.42 bits per heavy atom. The molecule has 1 aliphatic heterocycles. The van der Waals surface area contributed by atoms with Gasteiger partial charge in [-0.3, -0.25) is 0 Å². The highest BCUT2D eigenvalue weighted by Crippen LogP contribution is 2.69. The second-order valence-electron chi connectivity index (χ2n) is 11.5. The first-order valence-electron chi connectivity index (χ1n) is 11.3. The van der Waals surface area contributed by atoms with Gasteiger partial charge in [0.2, 0.25) is 0 Å². The van der Waals surface area contributed by atoms with Crippen molar-refractivity contribution in [3.05, 3.63) is 0 Å². The van der Waals surface area contributed by atoms with E-state index in [1.54, 1.807) is 0 Å². The van der Waals surface area contributed by atoms with Crippen LogP contribution in [0.4, 0.5) is 0 Å². The van der Waals surface area contributed by atoms with Crippen LogP contribution in [0.15, 0.2) is 0 Å². The lowest BCUT2D eigenvalue weighted by Gasteiger charge is -2.63. The molecule has 1 heterocycles. The van der Waals surface area contributed by atoms with Crippen LogP contribution in [0, 0.1) is 40.4 Å². The third-order valence-electron chi connectivity index (χ3n) is 10.1. The van der Waals surface area contributed by atoms with Crippen molar-refractivity contribution >= 4 is 0 Å². The molecule has 0 aromatic heterocycles. The maximum Gasteiger partial charge on any atom is 0.163 e. The first kappa shape index (κ1) is 17.9. The largest absolute Gasteiger partial charge is 0.344 e. The molecule has 3 nitrogen and oxygen atoms in total. The molecule has 4 unspecified atom stereocenters. The zero-order valence-electron chi connectivity index (χ0n) is 17.5. The van der Waals surface area contributed by atoms with E-state index in [0.29, 0.717) is 28.7 Å². The molecular weight excluding hydrogens is 322 g/mol. The van der Waals surface area contributed by atoms with Crippen LogP contribution in [-0.4, -0.2) is 24.0 Å². The number of ether oxygens (including phenoxy) is 2. The number of rotatable bonds is 0. The van der Waals surface area contributed by atoms with Crippen LogP contribution in [0.3, 0.4) is 0 Å². The average molecular weight is 362 g/mol. The molecule has 5 fully saturated rings. The van der Waals surface area contributed by atoms with E-state index in [2.05, 4.69) is 34.6 Å². The van der Waals surface area contributed by atoms with Gasteiger partial charge in [0.15, 0.2) is 5.79 Å². The minimum atomic E-state index is -0.440.